The number of methoxy groups -OCH3 is 2. The van der Waals surface area contributed by atoms with E-state index in [1.807, 2.05) is 40.6 Å². The molecule has 0 spiro atoms. The Labute approximate surface area is 173 Å². The first-order valence-electron chi connectivity index (χ1n) is 9.57. The molecule has 1 aliphatic rings. The highest BCUT2D eigenvalue weighted by Gasteiger charge is 2.32. The molecule has 7 nitrogen and oxygen atoms in total. The van der Waals surface area contributed by atoms with Crippen molar-refractivity contribution in [3.8, 4) is 22.2 Å². The van der Waals surface area contributed by atoms with Crippen LogP contribution in [0.2, 0.25) is 0 Å². The summed E-state index contributed by atoms with van der Waals surface area (Å²) in [6.07, 6.45) is 2.61. The highest BCUT2D eigenvalue weighted by molar-refractivity contribution is 7.13. The van der Waals surface area contributed by atoms with E-state index in [1.54, 1.807) is 25.6 Å². The van der Waals surface area contributed by atoms with Gasteiger partial charge in [0.2, 0.25) is 17.6 Å². The van der Waals surface area contributed by atoms with Crippen LogP contribution in [0.15, 0.2) is 40.2 Å². The monoisotopic (exact) mass is 413 g/mol. The van der Waals surface area contributed by atoms with Crippen LogP contribution in [-0.2, 0) is 11.2 Å². The summed E-state index contributed by atoms with van der Waals surface area (Å²) in [5, 5.41) is 5.97. The number of aryl methyl sites for hydroxylation is 1. The Morgan fingerprint density at radius 1 is 1.31 bits per heavy atom. The molecule has 1 unspecified atom stereocenters. The molecule has 2 aromatic heterocycles. The van der Waals surface area contributed by atoms with E-state index in [-0.39, 0.29) is 11.9 Å². The minimum absolute atomic E-state index is 0.0167. The van der Waals surface area contributed by atoms with Gasteiger partial charge in [-0.05, 0) is 42.5 Å². The highest BCUT2D eigenvalue weighted by Crippen LogP contribution is 2.39. The smallest absolute Gasteiger partial charge is 0.227 e. The summed E-state index contributed by atoms with van der Waals surface area (Å²) in [6, 6.07) is 9.59. The van der Waals surface area contributed by atoms with Gasteiger partial charge in [0.25, 0.3) is 0 Å². The molecule has 0 radical (unpaired) electrons. The van der Waals surface area contributed by atoms with E-state index in [2.05, 4.69) is 10.1 Å². The highest BCUT2D eigenvalue weighted by atomic mass is 32.1. The third-order valence-corrected chi connectivity index (χ3v) is 6.00. The molecule has 1 aromatic carbocycles. The van der Waals surface area contributed by atoms with Crippen molar-refractivity contribution in [2.24, 2.45) is 0 Å². The third kappa shape index (κ3) is 4.12. The minimum Gasteiger partial charge on any atom is -0.497 e. The summed E-state index contributed by atoms with van der Waals surface area (Å²) in [7, 11) is 3.28. The van der Waals surface area contributed by atoms with Crippen molar-refractivity contribution in [2.75, 3.05) is 20.8 Å². The van der Waals surface area contributed by atoms with Crippen LogP contribution < -0.4 is 9.47 Å². The Bertz CT molecular complexity index is 970. The fourth-order valence-electron chi connectivity index (χ4n) is 3.71. The van der Waals surface area contributed by atoms with Gasteiger partial charge in [0.15, 0.2) is 0 Å². The zero-order valence-corrected chi connectivity index (χ0v) is 17.3. The molecule has 0 N–H and O–H groups in total. The second-order valence-electron chi connectivity index (χ2n) is 6.84. The van der Waals surface area contributed by atoms with Crippen molar-refractivity contribution in [2.45, 2.75) is 31.7 Å². The molecule has 1 saturated heterocycles. The number of hydrogen-bond acceptors (Lipinski definition) is 7. The minimum atomic E-state index is -0.0167. The summed E-state index contributed by atoms with van der Waals surface area (Å²) in [5.74, 6) is 2.66. The Kier molecular flexibility index (Phi) is 5.80. The van der Waals surface area contributed by atoms with Gasteiger partial charge in [0, 0.05) is 24.9 Å². The predicted octanol–water partition coefficient (Wildman–Crippen LogP) is 4.11. The summed E-state index contributed by atoms with van der Waals surface area (Å²) in [6.45, 7) is 0.730. The first-order valence-corrected chi connectivity index (χ1v) is 10.5. The van der Waals surface area contributed by atoms with E-state index in [1.165, 1.54) is 0 Å². The van der Waals surface area contributed by atoms with Gasteiger partial charge in [-0.25, -0.2) is 0 Å². The Morgan fingerprint density at radius 3 is 2.97 bits per heavy atom. The lowest BCUT2D eigenvalue weighted by atomic mass is 10.0. The molecule has 1 fully saturated rings. The van der Waals surface area contributed by atoms with Crippen molar-refractivity contribution in [3.05, 3.63) is 47.2 Å². The average molecular weight is 413 g/mol. The van der Waals surface area contributed by atoms with Crippen molar-refractivity contribution in [1.29, 1.82) is 0 Å². The topological polar surface area (TPSA) is 77.7 Å². The van der Waals surface area contributed by atoms with Crippen LogP contribution >= 0.6 is 11.3 Å². The van der Waals surface area contributed by atoms with E-state index in [4.69, 9.17) is 14.0 Å². The number of carbonyl (C=O) groups is 1. The number of aromatic nitrogens is 2. The summed E-state index contributed by atoms with van der Waals surface area (Å²) >= 11 is 1.56. The fourth-order valence-corrected chi connectivity index (χ4v) is 4.36. The SMILES string of the molecule is COc1ccc(OC)c(C2CCCN2C(=O)CCc2nc(-c3cccs3)no2)c1. The molecule has 1 amide bonds. The van der Waals surface area contributed by atoms with Crippen LogP contribution in [0.3, 0.4) is 0 Å². The van der Waals surface area contributed by atoms with Gasteiger partial charge >= 0.3 is 0 Å². The van der Waals surface area contributed by atoms with E-state index >= 15 is 0 Å². The lowest BCUT2D eigenvalue weighted by Crippen LogP contribution is -2.31. The third-order valence-electron chi connectivity index (χ3n) is 5.13. The summed E-state index contributed by atoms with van der Waals surface area (Å²) in [5.41, 5.74) is 0.982. The maximum Gasteiger partial charge on any atom is 0.227 e. The molecule has 8 heteroatoms. The van der Waals surface area contributed by atoms with Gasteiger partial charge in [0.1, 0.15) is 11.5 Å². The second kappa shape index (κ2) is 8.65. The maximum atomic E-state index is 13.0. The van der Waals surface area contributed by atoms with E-state index < -0.39 is 0 Å². The first kappa shape index (κ1) is 19.4. The van der Waals surface area contributed by atoms with Crippen molar-refractivity contribution in [1.82, 2.24) is 15.0 Å². The number of benzene rings is 1. The van der Waals surface area contributed by atoms with Crippen LogP contribution in [0.4, 0.5) is 0 Å². The zero-order valence-electron chi connectivity index (χ0n) is 16.5. The van der Waals surface area contributed by atoms with Gasteiger partial charge in [-0.2, -0.15) is 4.98 Å². The molecule has 0 saturated carbocycles. The van der Waals surface area contributed by atoms with Crippen molar-refractivity contribution in [3.63, 3.8) is 0 Å². The van der Waals surface area contributed by atoms with Gasteiger partial charge in [-0.15, -0.1) is 11.3 Å². The largest absolute Gasteiger partial charge is 0.497 e. The van der Waals surface area contributed by atoms with Crippen LogP contribution in [0.1, 0.15) is 36.8 Å². The van der Waals surface area contributed by atoms with Crippen LogP contribution in [0, 0.1) is 0 Å². The van der Waals surface area contributed by atoms with Crippen molar-refractivity contribution < 1.29 is 18.8 Å². The van der Waals surface area contributed by atoms with E-state index in [0.29, 0.717) is 24.6 Å². The Balaban J connectivity index is 1.44. The molecule has 3 heterocycles. The lowest BCUT2D eigenvalue weighted by Gasteiger charge is -2.26. The molecule has 1 atom stereocenters. The molecule has 3 aromatic rings. The maximum absolute atomic E-state index is 13.0. The quantitative estimate of drug-likeness (QED) is 0.580. The molecule has 1 aliphatic heterocycles. The summed E-state index contributed by atoms with van der Waals surface area (Å²) in [4.78, 5) is 20.2. The molecule has 29 heavy (non-hydrogen) atoms. The Morgan fingerprint density at radius 2 is 2.21 bits per heavy atom. The van der Waals surface area contributed by atoms with Crippen LogP contribution in [0.25, 0.3) is 10.7 Å². The standard InChI is InChI=1S/C21H23N3O4S/c1-26-14-7-8-17(27-2)15(13-14)16-5-3-11-24(16)20(25)10-9-19-22-21(23-28-19)18-6-4-12-29-18/h4,6-8,12-13,16H,3,5,9-11H2,1-2H3. The zero-order chi connectivity index (χ0) is 20.2. The Hall–Kier alpha value is -2.87. The normalized spacial score (nSPS) is 16.2. The van der Waals surface area contributed by atoms with Gasteiger partial charge < -0.3 is 18.9 Å². The molecule has 4 rings (SSSR count). The number of thiophene rings is 1. The van der Waals surface area contributed by atoms with Gasteiger partial charge in [-0.3, -0.25) is 4.79 Å². The van der Waals surface area contributed by atoms with Gasteiger partial charge in [-0.1, -0.05) is 11.2 Å². The number of hydrogen-bond donors (Lipinski definition) is 0. The van der Waals surface area contributed by atoms with E-state index in [9.17, 15) is 4.79 Å². The molecule has 152 valence electrons. The number of rotatable bonds is 7. The predicted molar refractivity (Wildman–Crippen MR) is 109 cm³/mol. The number of ether oxygens (including phenoxy) is 2. The summed E-state index contributed by atoms with van der Waals surface area (Å²) < 4.78 is 16.2. The molecular weight excluding hydrogens is 390 g/mol. The first-order chi connectivity index (χ1) is 14.2. The second-order valence-corrected chi connectivity index (χ2v) is 7.79. The average Bonchev–Trinajstić information content (AvgIpc) is 3.52. The lowest BCUT2D eigenvalue weighted by molar-refractivity contribution is -0.132. The number of likely N-dealkylation sites (tertiary alicyclic amines) is 1. The number of carbonyl (C=O) groups excluding carboxylic acids is 1. The van der Waals surface area contributed by atoms with Crippen molar-refractivity contribution >= 4 is 17.2 Å². The number of nitrogens with zero attached hydrogens (tertiary/aromatic N) is 3. The number of amides is 1. The molecular formula is C21H23N3O4S. The fraction of sp³-hybridized carbons (Fsp3) is 0.381. The van der Waals surface area contributed by atoms with E-state index in [0.717, 1.165) is 41.3 Å². The van der Waals surface area contributed by atoms with Crippen LogP contribution in [-0.4, -0.2) is 41.7 Å². The van der Waals surface area contributed by atoms with Crippen LogP contribution in [0.5, 0.6) is 11.5 Å². The molecule has 0 aliphatic carbocycles. The molecule has 0 bridgehead atoms. The van der Waals surface area contributed by atoms with Gasteiger partial charge in [0.05, 0.1) is 25.1 Å².